The predicted molar refractivity (Wildman–Crippen MR) is 78.7 cm³/mol. The molecule has 5 rings (SSSR count). The largest absolute Gasteiger partial charge is 0.294 e. The fourth-order valence-corrected chi connectivity index (χ4v) is 3.10. The zero-order valence-corrected chi connectivity index (χ0v) is 10.2. The van der Waals surface area contributed by atoms with Gasteiger partial charge in [-0.2, -0.15) is 0 Å². The van der Waals surface area contributed by atoms with Gasteiger partial charge in [0.05, 0.1) is 11.2 Å². The zero-order valence-electron chi connectivity index (χ0n) is 10.2. The number of hydrogen-bond donors (Lipinski definition) is 0. The Morgan fingerprint density at radius 2 is 1.58 bits per heavy atom. The highest BCUT2D eigenvalue weighted by atomic mass is 15.2. The molecule has 19 heavy (non-hydrogen) atoms. The highest BCUT2D eigenvalue weighted by Crippen LogP contribution is 2.46. The van der Waals surface area contributed by atoms with Gasteiger partial charge in [-0.25, -0.2) is 4.98 Å². The molecule has 3 heterocycles. The Morgan fingerprint density at radius 3 is 2.58 bits per heavy atom. The standard InChI is InChI=1S/C17H10N2/c1-3-11-7-8-12-9-10-13-4-2-6-15-18-14(5-1)16(11)17(12)19(13)15/h1-10H. The SMILES string of the molecule is c1cc2ccc3ccc4cccc5nc(c1)N2c3c45. The third kappa shape index (κ3) is 1.04. The average molecular weight is 242 g/mol. The van der Waals surface area contributed by atoms with Crippen molar-refractivity contribution in [2.45, 2.75) is 0 Å². The maximum absolute atomic E-state index is 4.79. The van der Waals surface area contributed by atoms with Gasteiger partial charge in [-0.15, -0.1) is 0 Å². The summed E-state index contributed by atoms with van der Waals surface area (Å²) in [6.07, 6.45) is 0. The van der Waals surface area contributed by atoms with E-state index in [-0.39, 0.29) is 0 Å². The lowest BCUT2D eigenvalue weighted by atomic mass is 9.99. The first-order chi connectivity index (χ1) is 9.42. The predicted octanol–water partition coefficient (Wildman–Crippen LogP) is 4.61. The maximum atomic E-state index is 4.79. The number of benzene rings is 2. The average Bonchev–Trinajstić information content (AvgIpc) is 2.47. The Balaban J connectivity index is 2.18. The lowest BCUT2D eigenvalue weighted by molar-refractivity contribution is 1.19. The molecule has 0 aromatic heterocycles. The van der Waals surface area contributed by atoms with Crippen LogP contribution in [0, 0.1) is 0 Å². The Morgan fingerprint density at radius 1 is 0.737 bits per heavy atom. The van der Waals surface area contributed by atoms with Gasteiger partial charge in [0.15, 0.2) is 0 Å². The molecule has 2 nitrogen and oxygen atoms in total. The van der Waals surface area contributed by atoms with Crippen molar-refractivity contribution in [3.05, 3.63) is 60.7 Å². The Kier molecular flexibility index (Phi) is 1.49. The maximum Gasteiger partial charge on any atom is 0.138 e. The van der Waals surface area contributed by atoms with E-state index in [0.29, 0.717) is 0 Å². The molecule has 3 aliphatic heterocycles. The minimum absolute atomic E-state index is 1.01. The van der Waals surface area contributed by atoms with Crippen molar-refractivity contribution in [1.82, 2.24) is 4.98 Å². The van der Waals surface area contributed by atoms with Gasteiger partial charge in [0.1, 0.15) is 5.82 Å². The molecule has 0 fully saturated rings. The summed E-state index contributed by atoms with van der Waals surface area (Å²) >= 11 is 0. The quantitative estimate of drug-likeness (QED) is 0.394. The first-order valence-corrected chi connectivity index (χ1v) is 6.43. The summed E-state index contributed by atoms with van der Waals surface area (Å²) in [6, 6.07) is 21.3. The van der Waals surface area contributed by atoms with Crippen LogP contribution in [0.1, 0.15) is 0 Å². The van der Waals surface area contributed by atoms with Crippen molar-refractivity contribution in [2.75, 3.05) is 4.90 Å². The highest BCUT2D eigenvalue weighted by Gasteiger charge is 2.24. The molecule has 0 aliphatic carbocycles. The van der Waals surface area contributed by atoms with Crippen LogP contribution in [-0.4, -0.2) is 4.98 Å². The van der Waals surface area contributed by atoms with Crippen LogP contribution < -0.4 is 4.90 Å². The van der Waals surface area contributed by atoms with Crippen LogP contribution >= 0.6 is 0 Å². The first-order valence-electron chi connectivity index (χ1n) is 6.43. The van der Waals surface area contributed by atoms with Crippen LogP contribution in [-0.2, 0) is 0 Å². The van der Waals surface area contributed by atoms with E-state index in [4.69, 9.17) is 4.98 Å². The van der Waals surface area contributed by atoms with Crippen molar-refractivity contribution in [1.29, 1.82) is 0 Å². The summed E-state index contributed by atoms with van der Waals surface area (Å²) in [7, 11) is 0. The minimum atomic E-state index is 1.01. The molecule has 2 aromatic rings. The molecular formula is C17H10N2. The van der Waals surface area contributed by atoms with Gasteiger partial charge in [0.2, 0.25) is 0 Å². The molecule has 2 heteroatoms. The van der Waals surface area contributed by atoms with E-state index in [2.05, 4.69) is 65.6 Å². The van der Waals surface area contributed by atoms with Crippen LogP contribution in [0.3, 0.4) is 0 Å². The molecule has 3 aliphatic rings. The van der Waals surface area contributed by atoms with Gasteiger partial charge < -0.3 is 0 Å². The van der Waals surface area contributed by atoms with Crippen LogP contribution in [0.25, 0.3) is 21.7 Å². The second kappa shape index (κ2) is 3.04. The summed E-state index contributed by atoms with van der Waals surface area (Å²) in [5.74, 6) is 1.01. The third-order valence-electron chi connectivity index (χ3n) is 3.92. The topological polar surface area (TPSA) is 16.1 Å². The number of rotatable bonds is 0. The van der Waals surface area contributed by atoms with Gasteiger partial charge in [0.25, 0.3) is 0 Å². The monoisotopic (exact) mass is 242 g/mol. The molecule has 0 spiro atoms. The second-order valence-corrected chi connectivity index (χ2v) is 4.97. The number of nitrogens with zero attached hydrogens (tertiary/aromatic N) is 2. The first kappa shape index (κ1) is 9.34. The Labute approximate surface area is 110 Å². The molecule has 0 N–H and O–H groups in total. The van der Waals surface area contributed by atoms with Crippen molar-refractivity contribution in [3.8, 4) is 0 Å². The minimum Gasteiger partial charge on any atom is -0.294 e. The van der Waals surface area contributed by atoms with Crippen LogP contribution in [0.15, 0.2) is 60.7 Å². The second-order valence-electron chi connectivity index (χ2n) is 4.97. The van der Waals surface area contributed by atoms with Crippen molar-refractivity contribution in [3.63, 3.8) is 0 Å². The normalized spacial score (nSPS) is 13.2. The van der Waals surface area contributed by atoms with E-state index in [1.54, 1.807) is 0 Å². The van der Waals surface area contributed by atoms with E-state index in [9.17, 15) is 0 Å². The van der Waals surface area contributed by atoms with Gasteiger partial charge in [-0.1, -0.05) is 36.4 Å². The molecule has 0 atom stereocenters. The van der Waals surface area contributed by atoms with E-state index in [1.165, 1.54) is 27.5 Å². The molecule has 0 unspecified atom stereocenters. The molecule has 88 valence electrons. The molecule has 0 saturated heterocycles. The van der Waals surface area contributed by atoms with Crippen LogP contribution in [0.2, 0.25) is 0 Å². The van der Waals surface area contributed by atoms with Gasteiger partial charge in [0, 0.05) is 11.1 Å². The molecule has 2 aromatic carbocycles. The summed E-state index contributed by atoms with van der Waals surface area (Å²) in [5.41, 5.74) is 3.54. The lowest BCUT2D eigenvalue weighted by Gasteiger charge is -2.31. The van der Waals surface area contributed by atoms with E-state index < -0.39 is 0 Å². The third-order valence-corrected chi connectivity index (χ3v) is 3.92. The number of anilines is 3. The summed E-state index contributed by atoms with van der Waals surface area (Å²) in [5, 5.41) is 3.78. The van der Waals surface area contributed by atoms with Gasteiger partial charge in [-0.05, 0) is 35.0 Å². The van der Waals surface area contributed by atoms with E-state index >= 15 is 0 Å². The van der Waals surface area contributed by atoms with Crippen molar-refractivity contribution >= 4 is 38.9 Å². The lowest BCUT2D eigenvalue weighted by Crippen LogP contribution is -2.16. The van der Waals surface area contributed by atoms with Gasteiger partial charge >= 0.3 is 0 Å². The highest BCUT2D eigenvalue weighted by molar-refractivity contribution is 6.15. The summed E-state index contributed by atoms with van der Waals surface area (Å²) in [4.78, 5) is 7.05. The molecule has 0 amide bonds. The fourth-order valence-electron chi connectivity index (χ4n) is 3.10. The van der Waals surface area contributed by atoms with Crippen LogP contribution in [0.5, 0.6) is 0 Å². The zero-order chi connectivity index (χ0) is 12.4. The fraction of sp³-hybridized carbons (Fsp3) is 0. The molecular weight excluding hydrogens is 232 g/mol. The molecule has 0 bridgehead atoms. The summed E-state index contributed by atoms with van der Waals surface area (Å²) < 4.78 is 0. The van der Waals surface area contributed by atoms with Crippen LogP contribution in [0.4, 0.5) is 17.2 Å². The van der Waals surface area contributed by atoms with E-state index in [1.807, 2.05) is 0 Å². The van der Waals surface area contributed by atoms with Crippen molar-refractivity contribution < 1.29 is 0 Å². The van der Waals surface area contributed by atoms with Gasteiger partial charge in [-0.3, -0.25) is 4.90 Å². The van der Waals surface area contributed by atoms with E-state index in [0.717, 1.165) is 11.3 Å². The van der Waals surface area contributed by atoms with Crippen molar-refractivity contribution in [2.24, 2.45) is 0 Å². The molecule has 0 saturated carbocycles. The summed E-state index contributed by atoms with van der Waals surface area (Å²) in [6.45, 7) is 0. The number of aromatic nitrogens is 1. The molecule has 0 radical (unpaired) electrons. The Bertz CT molecular complexity index is 927. The Hall–Kier alpha value is -2.61. The smallest absolute Gasteiger partial charge is 0.138 e. The number of hydrogen-bond acceptors (Lipinski definition) is 2.